The number of hydrogen-bond acceptors (Lipinski definition) is 2. The van der Waals surface area contributed by atoms with Gasteiger partial charge in [0, 0.05) is 11.6 Å². The molecule has 4 atom stereocenters. The van der Waals surface area contributed by atoms with Crippen molar-refractivity contribution in [1.82, 2.24) is 0 Å². The summed E-state index contributed by atoms with van der Waals surface area (Å²) in [6.07, 6.45) is 1.93. The summed E-state index contributed by atoms with van der Waals surface area (Å²) in [5, 5.41) is 3.58. The van der Waals surface area contributed by atoms with Crippen molar-refractivity contribution < 1.29 is 9.46 Å². The molecule has 27 heavy (non-hydrogen) atoms. The van der Waals surface area contributed by atoms with Crippen molar-refractivity contribution in [3.8, 4) is 0 Å². The second-order valence-corrected chi connectivity index (χ2v) is 9.62. The minimum absolute atomic E-state index is 0.0525. The van der Waals surface area contributed by atoms with Crippen LogP contribution in [0.15, 0.2) is 54.6 Å². The predicted molar refractivity (Wildman–Crippen MR) is 116 cm³/mol. The lowest BCUT2D eigenvalue weighted by atomic mass is 9.86. The third-order valence-electron chi connectivity index (χ3n) is 5.13. The second-order valence-electron chi connectivity index (χ2n) is 8.42. The summed E-state index contributed by atoms with van der Waals surface area (Å²) in [4.78, 5) is 10.2. The molecule has 0 aromatic heterocycles. The minimum Gasteiger partial charge on any atom is -0.374 e. The third kappa shape index (κ3) is 5.89. The van der Waals surface area contributed by atoms with E-state index in [-0.39, 0.29) is 23.0 Å². The molecule has 4 unspecified atom stereocenters. The summed E-state index contributed by atoms with van der Waals surface area (Å²) < 4.78 is 12.4. The van der Waals surface area contributed by atoms with Gasteiger partial charge in [-0.25, -0.2) is 0 Å². The van der Waals surface area contributed by atoms with Gasteiger partial charge in [0.1, 0.15) is 6.04 Å². The molecule has 0 spiro atoms. The van der Waals surface area contributed by atoms with Gasteiger partial charge < -0.3 is 5.32 Å². The fraction of sp³-hybridized carbons (Fsp3) is 0.478. The van der Waals surface area contributed by atoms with Crippen LogP contribution >= 0.6 is 8.03 Å². The first-order valence-corrected chi connectivity index (χ1v) is 11.1. The molecular weight excluding hydrogens is 353 g/mol. The molecule has 0 heterocycles. The van der Waals surface area contributed by atoms with Gasteiger partial charge in [-0.1, -0.05) is 83.5 Å². The van der Waals surface area contributed by atoms with E-state index >= 15 is 0 Å². The molecule has 0 aliphatic rings. The Morgan fingerprint density at radius 3 is 2.30 bits per heavy atom. The Kier molecular flexibility index (Phi) is 7.59. The Morgan fingerprint density at radius 2 is 1.74 bits per heavy atom. The van der Waals surface area contributed by atoms with Crippen LogP contribution < -0.4 is 5.32 Å². The average Bonchev–Trinajstić information content (AvgIpc) is 2.61. The van der Waals surface area contributed by atoms with Crippen LogP contribution in [0.4, 0.5) is 5.69 Å². The van der Waals surface area contributed by atoms with Crippen LogP contribution in [-0.4, -0.2) is 10.6 Å². The number of anilines is 1. The van der Waals surface area contributed by atoms with Crippen molar-refractivity contribution in [3.05, 3.63) is 65.7 Å². The normalized spacial score (nSPS) is 15.7. The van der Waals surface area contributed by atoms with E-state index in [0.29, 0.717) is 0 Å². The van der Waals surface area contributed by atoms with Gasteiger partial charge in [0.2, 0.25) is 5.66 Å². The van der Waals surface area contributed by atoms with E-state index in [9.17, 15) is 9.46 Å². The molecule has 3 nitrogen and oxygen atoms in total. The molecule has 146 valence electrons. The smallest absolute Gasteiger partial charge is 0.374 e. The van der Waals surface area contributed by atoms with E-state index in [1.807, 2.05) is 36.4 Å². The predicted octanol–water partition coefficient (Wildman–Crippen LogP) is 6.68. The minimum atomic E-state index is -2.32. The Bertz CT molecular complexity index is 740. The lowest BCUT2D eigenvalue weighted by molar-refractivity contribution is 0.410. The van der Waals surface area contributed by atoms with Crippen molar-refractivity contribution in [3.63, 3.8) is 0 Å². The molecule has 0 saturated heterocycles. The zero-order valence-electron chi connectivity index (χ0n) is 17.1. The summed E-state index contributed by atoms with van der Waals surface area (Å²) in [7, 11) is -2.32. The largest absolute Gasteiger partial charge is 0.511 e. The monoisotopic (exact) mass is 386 g/mol. The summed E-state index contributed by atoms with van der Waals surface area (Å²) in [5.74, 6) is 0.145. The van der Waals surface area contributed by atoms with Crippen LogP contribution in [0, 0.1) is 5.92 Å². The maximum Gasteiger partial charge on any atom is 0.511 e. The molecule has 0 bridgehead atoms. The second kappa shape index (κ2) is 9.48. The molecule has 0 aliphatic carbocycles. The topological polar surface area (TPSA) is 49.3 Å². The standard InChI is InChI=1S/C23H32NO2P/c1-6-11-17(2)22(27(25)26)21(18-12-8-7-9-13-18)24-20-15-10-14-19(16-20)23(3,4)5/h7-10,12-17,21-22,24H,6,11H2,1-5H3/p+1. The molecule has 0 fully saturated rings. The van der Waals surface area contributed by atoms with Gasteiger partial charge in [-0.2, -0.15) is 4.89 Å². The van der Waals surface area contributed by atoms with E-state index in [1.54, 1.807) is 0 Å². The van der Waals surface area contributed by atoms with Gasteiger partial charge in [-0.3, -0.25) is 0 Å². The molecule has 2 aromatic carbocycles. The van der Waals surface area contributed by atoms with Crippen LogP contribution in [0.3, 0.4) is 0 Å². The van der Waals surface area contributed by atoms with Crippen molar-refractivity contribution in [2.75, 3.05) is 5.32 Å². The highest BCUT2D eigenvalue weighted by molar-refractivity contribution is 7.39. The summed E-state index contributed by atoms with van der Waals surface area (Å²) in [6.45, 7) is 10.8. The van der Waals surface area contributed by atoms with Gasteiger partial charge in [-0.15, -0.1) is 0 Å². The molecular formula is C23H33NO2P+. The first-order valence-electron chi connectivity index (χ1n) is 9.81. The lowest BCUT2D eigenvalue weighted by Crippen LogP contribution is -2.29. The number of nitrogens with one attached hydrogen (secondary N) is 1. The number of rotatable bonds is 8. The Balaban J connectivity index is 2.43. The fourth-order valence-corrected chi connectivity index (χ4v) is 4.67. The van der Waals surface area contributed by atoms with E-state index in [4.69, 9.17) is 0 Å². The molecule has 2 aromatic rings. The highest BCUT2D eigenvalue weighted by Crippen LogP contribution is 2.42. The quantitative estimate of drug-likeness (QED) is 0.498. The van der Waals surface area contributed by atoms with Crippen LogP contribution in [0.1, 0.15) is 64.6 Å². The third-order valence-corrected chi connectivity index (χ3v) is 6.45. The summed E-state index contributed by atoms with van der Waals surface area (Å²) in [6, 6.07) is 18.2. The van der Waals surface area contributed by atoms with Crippen LogP contribution in [0.25, 0.3) is 0 Å². The molecule has 0 aliphatic heterocycles. The van der Waals surface area contributed by atoms with E-state index in [2.05, 4.69) is 58.1 Å². The van der Waals surface area contributed by atoms with Crippen molar-refractivity contribution in [2.45, 2.75) is 64.6 Å². The van der Waals surface area contributed by atoms with Crippen molar-refractivity contribution >= 4 is 13.7 Å². The van der Waals surface area contributed by atoms with Gasteiger partial charge in [0.05, 0.1) is 0 Å². The maximum absolute atomic E-state index is 12.4. The lowest BCUT2D eigenvalue weighted by Gasteiger charge is -2.27. The molecule has 4 heteroatoms. The number of hydrogen-bond donors (Lipinski definition) is 2. The van der Waals surface area contributed by atoms with Crippen LogP contribution in [-0.2, 0) is 9.98 Å². The van der Waals surface area contributed by atoms with E-state index in [1.165, 1.54) is 5.56 Å². The zero-order chi connectivity index (χ0) is 20.0. The highest BCUT2D eigenvalue weighted by atomic mass is 31.1. The Morgan fingerprint density at radius 1 is 1.07 bits per heavy atom. The van der Waals surface area contributed by atoms with E-state index < -0.39 is 8.03 Å². The van der Waals surface area contributed by atoms with E-state index in [0.717, 1.165) is 24.1 Å². The van der Waals surface area contributed by atoms with Gasteiger partial charge in [0.25, 0.3) is 0 Å². The SMILES string of the molecule is CCCC(C)C(C(Nc1cccc(C(C)(C)C)c1)c1ccccc1)[P+](=O)O. The molecule has 0 amide bonds. The van der Waals surface area contributed by atoms with Crippen molar-refractivity contribution in [1.29, 1.82) is 0 Å². The molecule has 2 N–H and O–H groups in total. The summed E-state index contributed by atoms with van der Waals surface area (Å²) >= 11 is 0. The first kappa shape index (κ1) is 21.6. The first-order chi connectivity index (χ1) is 12.7. The molecule has 0 radical (unpaired) electrons. The number of benzene rings is 2. The molecule has 2 rings (SSSR count). The zero-order valence-corrected chi connectivity index (χ0v) is 18.0. The highest BCUT2D eigenvalue weighted by Gasteiger charge is 2.42. The average molecular weight is 386 g/mol. The van der Waals surface area contributed by atoms with Crippen LogP contribution in [0.2, 0.25) is 0 Å². The maximum atomic E-state index is 12.4. The summed E-state index contributed by atoms with van der Waals surface area (Å²) in [5.41, 5.74) is 2.98. The van der Waals surface area contributed by atoms with Gasteiger partial charge >= 0.3 is 8.03 Å². The van der Waals surface area contributed by atoms with Crippen molar-refractivity contribution in [2.24, 2.45) is 5.92 Å². The van der Waals surface area contributed by atoms with Gasteiger partial charge in [-0.05, 0) is 39.7 Å². The Labute approximate surface area is 165 Å². The van der Waals surface area contributed by atoms with Gasteiger partial charge in [0.15, 0.2) is 0 Å². The Hall–Kier alpha value is -1.70. The fourth-order valence-electron chi connectivity index (χ4n) is 3.58. The molecule has 0 saturated carbocycles. The van der Waals surface area contributed by atoms with Crippen LogP contribution in [0.5, 0.6) is 0 Å².